The van der Waals surface area contributed by atoms with Crippen LogP contribution in [-0.2, 0) is 4.79 Å². The number of nitriles is 1. The van der Waals surface area contributed by atoms with E-state index in [1.54, 1.807) is 0 Å². The van der Waals surface area contributed by atoms with Crippen LogP contribution in [0.25, 0.3) is 21.5 Å². The number of aromatic hydroxyl groups is 1. The topological polar surface area (TPSA) is 141 Å². The Morgan fingerprint density at radius 2 is 2.12 bits per heavy atom. The fraction of sp³-hybridized carbons (Fsp3) is 0.136. The first-order valence-electron chi connectivity index (χ1n) is 9.59. The Kier molecular flexibility index (Phi) is 6.30. The Balaban J connectivity index is 1.53. The molecule has 0 aliphatic carbocycles. The molecule has 9 nitrogen and oxygen atoms in total. The maximum Gasteiger partial charge on any atom is 0.270 e. The third kappa shape index (κ3) is 4.82. The van der Waals surface area contributed by atoms with Crippen molar-refractivity contribution in [3.05, 3.63) is 57.9 Å². The fourth-order valence-electron chi connectivity index (χ4n) is 3.03. The summed E-state index contributed by atoms with van der Waals surface area (Å²) in [4.78, 5) is 36.1. The van der Waals surface area contributed by atoms with Crippen LogP contribution in [0.4, 0.5) is 5.13 Å². The summed E-state index contributed by atoms with van der Waals surface area (Å²) >= 11 is 2.40. The molecule has 0 saturated heterocycles. The summed E-state index contributed by atoms with van der Waals surface area (Å²) < 4.78 is 6.07. The fourth-order valence-corrected chi connectivity index (χ4v) is 4.67. The molecule has 0 atom stereocenters. The number of phenols is 1. The molecule has 2 aromatic heterocycles. The van der Waals surface area contributed by atoms with Crippen LogP contribution in [0.2, 0.25) is 0 Å². The van der Waals surface area contributed by atoms with E-state index < -0.39 is 5.56 Å². The molecule has 4 rings (SSSR count). The summed E-state index contributed by atoms with van der Waals surface area (Å²) in [6.45, 7) is 1.99. The molecule has 33 heavy (non-hydrogen) atoms. The minimum absolute atomic E-state index is 0.0257. The standard InChI is InChI=1S/C22H17N5O4S2/c1-11-3-5-14-17(7-11)33-22(24-14)25-18(29)10-32-21-26-19(13(9-23)20(30)27-21)12-4-6-15(28)16(8-12)31-2/h3-8,28H,10H2,1-2H3,(H,24,25,29)(H,26,27,30). The molecule has 2 aromatic carbocycles. The molecular weight excluding hydrogens is 462 g/mol. The van der Waals surface area contributed by atoms with Gasteiger partial charge in [0.1, 0.15) is 11.6 Å². The zero-order valence-electron chi connectivity index (χ0n) is 17.5. The third-order valence-electron chi connectivity index (χ3n) is 4.59. The van der Waals surface area contributed by atoms with E-state index >= 15 is 0 Å². The van der Waals surface area contributed by atoms with Gasteiger partial charge in [-0.25, -0.2) is 9.97 Å². The molecule has 0 aliphatic heterocycles. The number of aromatic nitrogens is 3. The van der Waals surface area contributed by atoms with E-state index in [4.69, 9.17) is 4.74 Å². The summed E-state index contributed by atoms with van der Waals surface area (Å²) in [5.74, 6) is -0.239. The lowest BCUT2D eigenvalue weighted by Gasteiger charge is -2.09. The second-order valence-electron chi connectivity index (χ2n) is 6.92. The quantitative estimate of drug-likeness (QED) is 0.281. The Labute approximate surface area is 196 Å². The largest absolute Gasteiger partial charge is 0.504 e. The van der Waals surface area contributed by atoms with Crippen molar-refractivity contribution in [3.63, 3.8) is 0 Å². The number of hydrogen-bond donors (Lipinski definition) is 3. The summed E-state index contributed by atoms with van der Waals surface area (Å²) in [5, 5.41) is 22.7. The average Bonchev–Trinajstić information content (AvgIpc) is 3.18. The van der Waals surface area contributed by atoms with E-state index in [1.807, 2.05) is 31.2 Å². The highest BCUT2D eigenvalue weighted by Crippen LogP contribution is 2.32. The first-order chi connectivity index (χ1) is 15.9. The van der Waals surface area contributed by atoms with E-state index in [0.29, 0.717) is 10.7 Å². The van der Waals surface area contributed by atoms with Crippen molar-refractivity contribution < 1.29 is 14.6 Å². The van der Waals surface area contributed by atoms with Gasteiger partial charge in [-0.3, -0.25) is 9.59 Å². The zero-order chi connectivity index (χ0) is 23.5. The Morgan fingerprint density at radius 3 is 2.88 bits per heavy atom. The van der Waals surface area contributed by atoms with Gasteiger partial charge >= 0.3 is 0 Å². The highest BCUT2D eigenvalue weighted by Gasteiger charge is 2.17. The maximum absolute atomic E-state index is 12.4. The van der Waals surface area contributed by atoms with Gasteiger partial charge in [0.25, 0.3) is 5.56 Å². The van der Waals surface area contributed by atoms with Crippen LogP contribution in [0, 0.1) is 18.3 Å². The number of aromatic amines is 1. The number of carbonyl (C=O) groups is 1. The van der Waals surface area contributed by atoms with Crippen LogP contribution in [0.3, 0.4) is 0 Å². The number of hydrogen-bond acceptors (Lipinski definition) is 9. The number of benzene rings is 2. The molecular formula is C22H17N5O4S2. The van der Waals surface area contributed by atoms with Crippen LogP contribution in [-0.4, -0.2) is 38.8 Å². The van der Waals surface area contributed by atoms with E-state index in [0.717, 1.165) is 27.5 Å². The number of phenolic OH excluding ortho intramolecular Hbond substituents is 1. The third-order valence-corrected chi connectivity index (χ3v) is 6.40. The highest BCUT2D eigenvalue weighted by atomic mass is 32.2. The number of nitrogens with zero attached hydrogens (tertiary/aromatic N) is 3. The first-order valence-corrected chi connectivity index (χ1v) is 11.4. The summed E-state index contributed by atoms with van der Waals surface area (Å²) in [7, 11) is 1.39. The van der Waals surface area contributed by atoms with Gasteiger partial charge in [-0.1, -0.05) is 29.2 Å². The van der Waals surface area contributed by atoms with E-state index in [2.05, 4.69) is 20.3 Å². The molecule has 4 aromatic rings. The van der Waals surface area contributed by atoms with Gasteiger partial charge in [0, 0.05) is 5.56 Å². The predicted octanol–water partition coefficient (Wildman–Crippen LogP) is 3.67. The number of thioether (sulfide) groups is 1. The van der Waals surface area contributed by atoms with Crippen molar-refractivity contribution >= 4 is 44.4 Å². The predicted molar refractivity (Wildman–Crippen MR) is 127 cm³/mol. The Hall–Kier alpha value is -3.88. The smallest absolute Gasteiger partial charge is 0.270 e. The Morgan fingerprint density at radius 1 is 1.30 bits per heavy atom. The number of H-pyrrole nitrogens is 1. The van der Waals surface area contributed by atoms with Crippen molar-refractivity contribution in [2.24, 2.45) is 0 Å². The van der Waals surface area contributed by atoms with Crippen molar-refractivity contribution in [1.82, 2.24) is 15.0 Å². The number of carbonyl (C=O) groups excluding carboxylic acids is 1. The van der Waals surface area contributed by atoms with Gasteiger partial charge in [0.05, 0.1) is 28.8 Å². The van der Waals surface area contributed by atoms with Gasteiger partial charge in [0.2, 0.25) is 5.91 Å². The molecule has 0 unspecified atom stereocenters. The van der Waals surface area contributed by atoms with Gasteiger partial charge in [0.15, 0.2) is 21.8 Å². The van der Waals surface area contributed by atoms with Crippen molar-refractivity contribution in [2.75, 3.05) is 18.2 Å². The molecule has 0 radical (unpaired) electrons. The molecule has 1 amide bonds. The van der Waals surface area contributed by atoms with E-state index in [1.165, 1.54) is 36.6 Å². The molecule has 166 valence electrons. The SMILES string of the molecule is COc1cc(-c2nc(SCC(=O)Nc3nc4ccc(C)cc4s3)[nH]c(=O)c2C#N)ccc1O. The second-order valence-corrected chi connectivity index (χ2v) is 8.91. The molecule has 0 bridgehead atoms. The normalized spacial score (nSPS) is 10.7. The molecule has 0 aliphatic rings. The van der Waals surface area contributed by atoms with Crippen LogP contribution >= 0.6 is 23.1 Å². The number of thiazole rings is 1. The number of amides is 1. The lowest BCUT2D eigenvalue weighted by molar-refractivity contribution is -0.113. The molecule has 0 fully saturated rings. The van der Waals surface area contributed by atoms with Crippen LogP contribution in [0.1, 0.15) is 11.1 Å². The average molecular weight is 480 g/mol. The molecule has 11 heteroatoms. The number of rotatable bonds is 6. The molecule has 0 saturated carbocycles. The minimum atomic E-state index is -0.626. The number of anilines is 1. The van der Waals surface area contributed by atoms with Crippen LogP contribution in [0.15, 0.2) is 46.3 Å². The second kappa shape index (κ2) is 9.32. The van der Waals surface area contributed by atoms with Crippen LogP contribution in [0.5, 0.6) is 11.5 Å². The highest BCUT2D eigenvalue weighted by molar-refractivity contribution is 7.99. The van der Waals surface area contributed by atoms with Crippen molar-refractivity contribution in [1.29, 1.82) is 5.26 Å². The van der Waals surface area contributed by atoms with Gasteiger partial charge in [-0.2, -0.15) is 5.26 Å². The monoisotopic (exact) mass is 479 g/mol. The summed E-state index contributed by atoms with van der Waals surface area (Å²) in [6, 6.07) is 12.1. The first kappa shape index (κ1) is 22.3. The zero-order valence-corrected chi connectivity index (χ0v) is 19.1. The van der Waals surface area contributed by atoms with Gasteiger partial charge in [-0.05, 0) is 42.8 Å². The number of aryl methyl sites for hydroxylation is 1. The summed E-state index contributed by atoms with van der Waals surface area (Å²) in [6.07, 6.45) is 0. The summed E-state index contributed by atoms with van der Waals surface area (Å²) in [5.41, 5.74) is 1.66. The minimum Gasteiger partial charge on any atom is -0.504 e. The lowest BCUT2D eigenvalue weighted by Crippen LogP contribution is -2.17. The number of methoxy groups -OCH3 is 1. The lowest BCUT2D eigenvalue weighted by atomic mass is 10.1. The number of nitrogens with one attached hydrogen (secondary N) is 2. The van der Waals surface area contributed by atoms with E-state index in [9.17, 15) is 20.0 Å². The van der Waals surface area contributed by atoms with Crippen molar-refractivity contribution in [2.45, 2.75) is 12.1 Å². The van der Waals surface area contributed by atoms with Gasteiger partial charge < -0.3 is 20.1 Å². The number of ether oxygens (including phenoxy) is 1. The molecule has 2 heterocycles. The van der Waals surface area contributed by atoms with Gasteiger partial charge in [-0.15, -0.1) is 0 Å². The van der Waals surface area contributed by atoms with E-state index in [-0.39, 0.29) is 39.6 Å². The van der Waals surface area contributed by atoms with Crippen LogP contribution < -0.4 is 15.6 Å². The Bertz CT molecular complexity index is 1470. The van der Waals surface area contributed by atoms with Crippen molar-refractivity contribution in [3.8, 4) is 28.8 Å². The molecule has 3 N–H and O–H groups in total. The molecule has 0 spiro atoms. The number of fused-ring (bicyclic) bond motifs is 1. The maximum atomic E-state index is 12.4.